The fourth-order valence-electron chi connectivity index (χ4n) is 3.50. The molecular formula is C23H25N3O3. The van der Waals surface area contributed by atoms with Gasteiger partial charge in [0.25, 0.3) is 0 Å². The predicted molar refractivity (Wildman–Crippen MR) is 110 cm³/mol. The minimum absolute atomic E-state index is 0.0494. The number of aromatic nitrogens is 2. The minimum atomic E-state index is -0.0494. The Kier molecular flexibility index (Phi) is 5.89. The van der Waals surface area contributed by atoms with Gasteiger partial charge in [-0.1, -0.05) is 42.4 Å². The van der Waals surface area contributed by atoms with E-state index in [-0.39, 0.29) is 11.8 Å². The first-order chi connectivity index (χ1) is 14.2. The predicted octanol–water partition coefficient (Wildman–Crippen LogP) is 4.08. The Bertz CT molecular complexity index is 938. The van der Waals surface area contributed by atoms with Gasteiger partial charge in [0.2, 0.25) is 17.6 Å². The summed E-state index contributed by atoms with van der Waals surface area (Å²) in [7, 11) is 0. The average molecular weight is 391 g/mol. The summed E-state index contributed by atoms with van der Waals surface area (Å²) in [5.74, 6) is 1.99. The van der Waals surface area contributed by atoms with Crippen LogP contribution >= 0.6 is 0 Å². The number of likely N-dealkylation sites (tertiary alicyclic amines) is 1. The molecule has 0 aliphatic carbocycles. The van der Waals surface area contributed by atoms with Crippen LogP contribution in [0.1, 0.15) is 37.1 Å². The molecule has 1 unspecified atom stereocenters. The molecular weight excluding hydrogens is 366 g/mol. The van der Waals surface area contributed by atoms with Crippen molar-refractivity contribution in [1.82, 2.24) is 15.0 Å². The smallest absolute Gasteiger partial charge is 0.232 e. The van der Waals surface area contributed by atoms with Crippen LogP contribution in [0.4, 0.5) is 0 Å². The second-order valence-corrected chi connectivity index (χ2v) is 7.31. The van der Waals surface area contributed by atoms with Gasteiger partial charge in [0, 0.05) is 25.1 Å². The van der Waals surface area contributed by atoms with Crippen molar-refractivity contribution in [2.45, 2.75) is 32.1 Å². The van der Waals surface area contributed by atoms with E-state index in [2.05, 4.69) is 29.2 Å². The molecule has 1 atom stereocenters. The van der Waals surface area contributed by atoms with Gasteiger partial charge in [-0.05, 0) is 42.7 Å². The highest BCUT2D eigenvalue weighted by Crippen LogP contribution is 2.29. The Hall–Kier alpha value is -3.15. The molecule has 1 aliphatic heterocycles. The lowest BCUT2D eigenvalue weighted by atomic mass is 10.1. The van der Waals surface area contributed by atoms with E-state index in [4.69, 9.17) is 9.26 Å². The molecule has 0 radical (unpaired) electrons. The number of hydrogen-bond acceptors (Lipinski definition) is 5. The summed E-state index contributed by atoms with van der Waals surface area (Å²) >= 11 is 0. The van der Waals surface area contributed by atoms with Crippen LogP contribution in [0.3, 0.4) is 0 Å². The van der Waals surface area contributed by atoms with E-state index < -0.39 is 0 Å². The third-order valence-corrected chi connectivity index (χ3v) is 5.10. The second-order valence-electron chi connectivity index (χ2n) is 7.31. The fraction of sp³-hybridized carbons (Fsp3) is 0.348. The molecule has 1 amide bonds. The number of amides is 1. The van der Waals surface area contributed by atoms with Crippen LogP contribution < -0.4 is 4.74 Å². The summed E-state index contributed by atoms with van der Waals surface area (Å²) in [5, 5.41) is 4.11. The molecule has 1 aromatic heterocycles. The number of carbonyl (C=O) groups excluding carboxylic acids is 1. The highest BCUT2D eigenvalue weighted by atomic mass is 16.5. The van der Waals surface area contributed by atoms with Gasteiger partial charge in [0.1, 0.15) is 5.75 Å². The molecule has 29 heavy (non-hydrogen) atoms. The molecule has 4 rings (SSSR count). The summed E-state index contributed by atoms with van der Waals surface area (Å²) in [5.41, 5.74) is 2.10. The summed E-state index contributed by atoms with van der Waals surface area (Å²) < 4.78 is 11.1. The second kappa shape index (κ2) is 8.90. The van der Waals surface area contributed by atoms with Gasteiger partial charge in [-0.3, -0.25) is 4.79 Å². The Balaban J connectivity index is 1.37. The monoisotopic (exact) mass is 391 g/mol. The maximum atomic E-state index is 12.4. The first kappa shape index (κ1) is 19.2. The molecule has 0 bridgehead atoms. The summed E-state index contributed by atoms with van der Waals surface area (Å²) in [6.45, 7) is 4.10. The molecule has 2 aromatic carbocycles. The SMILES string of the molecule is CCCOc1ccc(-c2noc(C3CC(=O)N(CCc4ccccc4)C3)n2)cc1. The number of ether oxygens (including phenoxy) is 1. The van der Waals surface area contributed by atoms with Gasteiger partial charge in [0.05, 0.1) is 12.5 Å². The highest BCUT2D eigenvalue weighted by molar-refractivity contribution is 5.79. The molecule has 3 aromatic rings. The zero-order valence-corrected chi connectivity index (χ0v) is 16.6. The van der Waals surface area contributed by atoms with Gasteiger partial charge < -0.3 is 14.2 Å². The summed E-state index contributed by atoms with van der Waals surface area (Å²) in [4.78, 5) is 18.8. The van der Waals surface area contributed by atoms with Crippen LogP contribution in [0.25, 0.3) is 11.4 Å². The first-order valence-electron chi connectivity index (χ1n) is 10.1. The fourth-order valence-corrected chi connectivity index (χ4v) is 3.50. The third-order valence-electron chi connectivity index (χ3n) is 5.10. The average Bonchev–Trinajstić information content (AvgIpc) is 3.39. The number of carbonyl (C=O) groups is 1. The standard InChI is InChI=1S/C23H25N3O3/c1-2-14-28-20-10-8-18(9-11-20)22-24-23(29-25-22)19-15-21(27)26(16-19)13-12-17-6-4-3-5-7-17/h3-11,19H,2,12-16H2,1H3. The maximum Gasteiger partial charge on any atom is 0.232 e. The zero-order chi connectivity index (χ0) is 20.1. The Morgan fingerprint density at radius 3 is 2.69 bits per heavy atom. The number of rotatable bonds is 8. The van der Waals surface area contributed by atoms with E-state index in [1.165, 1.54) is 5.56 Å². The van der Waals surface area contributed by atoms with E-state index in [1.54, 1.807) is 0 Å². The van der Waals surface area contributed by atoms with Gasteiger partial charge >= 0.3 is 0 Å². The number of nitrogens with zero attached hydrogens (tertiary/aromatic N) is 3. The minimum Gasteiger partial charge on any atom is -0.494 e. The zero-order valence-electron chi connectivity index (χ0n) is 16.6. The van der Waals surface area contributed by atoms with Crippen LogP contribution in [0.15, 0.2) is 59.1 Å². The molecule has 0 saturated carbocycles. The lowest BCUT2D eigenvalue weighted by Crippen LogP contribution is -2.27. The molecule has 1 saturated heterocycles. The van der Waals surface area contributed by atoms with Crippen molar-refractivity contribution >= 4 is 5.91 Å². The molecule has 1 aliphatic rings. The lowest BCUT2D eigenvalue weighted by molar-refractivity contribution is -0.127. The van der Waals surface area contributed by atoms with E-state index >= 15 is 0 Å². The van der Waals surface area contributed by atoms with Crippen LogP contribution in [0, 0.1) is 0 Å². The van der Waals surface area contributed by atoms with E-state index in [0.29, 0.717) is 37.8 Å². The van der Waals surface area contributed by atoms with Crippen molar-refractivity contribution in [3.05, 3.63) is 66.1 Å². The first-order valence-corrected chi connectivity index (χ1v) is 10.1. The van der Waals surface area contributed by atoms with Gasteiger partial charge in [-0.15, -0.1) is 0 Å². The Morgan fingerprint density at radius 1 is 1.14 bits per heavy atom. The summed E-state index contributed by atoms with van der Waals surface area (Å²) in [6.07, 6.45) is 2.24. The van der Waals surface area contributed by atoms with Crippen molar-refractivity contribution in [3.8, 4) is 17.1 Å². The molecule has 6 heteroatoms. The van der Waals surface area contributed by atoms with E-state index in [1.807, 2.05) is 47.4 Å². The van der Waals surface area contributed by atoms with Crippen molar-refractivity contribution in [2.75, 3.05) is 19.7 Å². The third kappa shape index (κ3) is 4.65. The molecule has 150 valence electrons. The topological polar surface area (TPSA) is 68.5 Å². The Labute approximate surface area is 170 Å². The van der Waals surface area contributed by atoms with E-state index in [9.17, 15) is 4.79 Å². The molecule has 0 N–H and O–H groups in total. The summed E-state index contributed by atoms with van der Waals surface area (Å²) in [6, 6.07) is 17.9. The molecule has 0 spiro atoms. The number of benzene rings is 2. The maximum absolute atomic E-state index is 12.4. The lowest BCUT2D eigenvalue weighted by Gasteiger charge is -2.15. The highest BCUT2D eigenvalue weighted by Gasteiger charge is 2.34. The van der Waals surface area contributed by atoms with Gasteiger partial charge in [0.15, 0.2) is 0 Å². The number of hydrogen-bond donors (Lipinski definition) is 0. The largest absolute Gasteiger partial charge is 0.494 e. The normalized spacial score (nSPS) is 16.4. The van der Waals surface area contributed by atoms with Crippen molar-refractivity contribution < 1.29 is 14.1 Å². The van der Waals surface area contributed by atoms with Crippen molar-refractivity contribution in [2.24, 2.45) is 0 Å². The Morgan fingerprint density at radius 2 is 1.93 bits per heavy atom. The van der Waals surface area contributed by atoms with Crippen LogP contribution in [-0.4, -0.2) is 40.6 Å². The van der Waals surface area contributed by atoms with E-state index in [0.717, 1.165) is 24.2 Å². The molecule has 2 heterocycles. The van der Waals surface area contributed by atoms with Gasteiger partial charge in [-0.2, -0.15) is 4.98 Å². The van der Waals surface area contributed by atoms with Crippen LogP contribution in [0.5, 0.6) is 5.75 Å². The van der Waals surface area contributed by atoms with Crippen LogP contribution in [-0.2, 0) is 11.2 Å². The molecule has 1 fully saturated rings. The van der Waals surface area contributed by atoms with Crippen LogP contribution in [0.2, 0.25) is 0 Å². The molecule has 6 nitrogen and oxygen atoms in total. The van der Waals surface area contributed by atoms with Crippen molar-refractivity contribution in [3.63, 3.8) is 0 Å². The quantitative estimate of drug-likeness (QED) is 0.579. The van der Waals surface area contributed by atoms with Gasteiger partial charge in [-0.25, -0.2) is 0 Å². The van der Waals surface area contributed by atoms with Crippen molar-refractivity contribution in [1.29, 1.82) is 0 Å².